The summed E-state index contributed by atoms with van der Waals surface area (Å²) in [5.41, 5.74) is 2.75. The molecule has 2 N–H and O–H groups in total. The fraction of sp³-hybridized carbons (Fsp3) is 0.250. The number of nitrogens with zero attached hydrogens (tertiary/aromatic N) is 1. The number of hydrogen-bond acceptors (Lipinski definition) is 5. The summed E-state index contributed by atoms with van der Waals surface area (Å²) in [6.07, 6.45) is 0. The molecule has 0 unspecified atom stereocenters. The highest BCUT2D eigenvalue weighted by Crippen LogP contribution is 2.36. The zero-order valence-corrected chi connectivity index (χ0v) is 15.1. The van der Waals surface area contributed by atoms with E-state index in [1.54, 1.807) is 24.3 Å². The van der Waals surface area contributed by atoms with Gasteiger partial charge < -0.3 is 19.9 Å². The van der Waals surface area contributed by atoms with E-state index in [4.69, 9.17) is 14.6 Å². The van der Waals surface area contributed by atoms with Gasteiger partial charge in [-0.1, -0.05) is 12.1 Å². The second-order valence-electron chi connectivity index (χ2n) is 5.81. The van der Waals surface area contributed by atoms with E-state index in [-0.39, 0.29) is 18.0 Å². The Bertz CT molecular complexity index is 903. The summed E-state index contributed by atoms with van der Waals surface area (Å²) >= 11 is 0. The predicted octanol–water partition coefficient (Wildman–Crippen LogP) is 2.97. The molecule has 27 heavy (non-hydrogen) atoms. The van der Waals surface area contributed by atoms with E-state index in [2.05, 4.69) is 10.3 Å². The van der Waals surface area contributed by atoms with Crippen molar-refractivity contribution in [1.82, 2.24) is 0 Å². The highest BCUT2D eigenvalue weighted by Gasteiger charge is 2.22. The summed E-state index contributed by atoms with van der Waals surface area (Å²) in [6.45, 7) is 4.65. The maximum Gasteiger partial charge on any atom is 0.335 e. The number of benzodiazepines with no additional fused rings is 1. The van der Waals surface area contributed by atoms with Gasteiger partial charge in [-0.3, -0.25) is 9.79 Å². The number of anilines is 1. The van der Waals surface area contributed by atoms with Crippen molar-refractivity contribution in [3.8, 4) is 11.5 Å². The number of carbonyl (C=O) groups excluding carboxylic acids is 1. The van der Waals surface area contributed by atoms with Gasteiger partial charge in [0.25, 0.3) is 0 Å². The van der Waals surface area contributed by atoms with Crippen LogP contribution in [0.3, 0.4) is 0 Å². The number of amides is 1. The van der Waals surface area contributed by atoms with Crippen molar-refractivity contribution in [2.75, 3.05) is 25.1 Å². The first-order chi connectivity index (χ1) is 13.0. The third kappa shape index (κ3) is 3.92. The molecule has 7 heteroatoms. The van der Waals surface area contributed by atoms with Gasteiger partial charge in [-0.15, -0.1) is 0 Å². The van der Waals surface area contributed by atoms with Crippen LogP contribution in [0.25, 0.3) is 0 Å². The van der Waals surface area contributed by atoms with Crippen molar-refractivity contribution in [3.63, 3.8) is 0 Å². The first-order valence-electron chi connectivity index (χ1n) is 8.65. The van der Waals surface area contributed by atoms with Gasteiger partial charge in [-0.25, -0.2) is 4.79 Å². The first kappa shape index (κ1) is 18.4. The minimum Gasteiger partial charge on any atom is -0.490 e. The number of carbonyl (C=O) groups is 2. The molecule has 1 aliphatic rings. The predicted molar refractivity (Wildman–Crippen MR) is 101 cm³/mol. The maximum absolute atomic E-state index is 12.1. The molecule has 140 valence electrons. The summed E-state index contributed by atoms with van der Waals surface area (Å²) in [6, 6.07) is 9.90. The Hall–Kier alpha value is -3.35. The van der Waals surface area contributed by atoms with E-state index in [9.17, 15) is 9.59 Å². The number of fused-ring (bicyclic) bond motifs is 1. The van der Waals surface area contributed by atoms with Crippen LogP contribution in [-0.2, 0) is 4.79 Å². The van der Waals surface area contributed by atoms with E-state index < -0.39 is 5.97 Å². The van der Waals surface area contributed by atoms with Crippen LogP contribution in [0.4, 0.5) is 5.69 Å². The molecule has 1 heterocycles. The summed E-state index contributed by atoms with van der Waals surface area (Å²) < 4.78 is 11.3. The van der Waals surface area contributed by atoms with Gasteiger partial charge in [0.15, 0.2) is 11.5 Å². The molecule has 3 rings (SSSR count). The fourth-order valence-corrected chi connectivity index (χ4v) is 2.84. The number of ether oxygens (including phenoxy) is 2. The van der Waals surface area contributed by atoms with E-state index in [0.29, 0.717) is 47.2 Å². The van der Waals surface area contributed by atoms with Gasteiger partial charge in [0.2, 0.25) is 5.91 Å². The van der Waals surface area contributed by atoms with E-state index in [1.807, 2.05) is 13.8 Å². The van der Waals surface area contributed by atoms with Gasteiger partial charge in [0, 0.05) is 17.2 Å². The molecule has 0 aromatic heterocycles. The average molecular weight is 368 g/mol. The lowest BCUT2D eigenvalue weighted by atomic mass is 9.99. The quantitative estimate of drug-likeness (QED) is 0.817. The number of aliphatic imine (C=N–C) groups is 1. The Kier molecular flexibility index (Phi) is 5.40. The molecular formula is C20H20N2O5. The molecule has 2 aromatic rings. The largest absolute Gasteiger partial charge is 0.490 e. The van der Waals surface area contributed by atoms with Crippen LogP contribution in [0.2, 0.25) is 0 Å². The summed E-state index contributed by atoms with van der Waals surface area (Å²) in [4.78, 5) is 27.6. The lowest BCUT2D eigenvalue weighted by Crippen LogP contribution is -2.13. The van der Waals surface area contributed by atoms with Gasteiger partial charge >= 0.3 is 5.97 Å². The van der Waals surface area contributed by atoms with Crippen molar-refractivity contribution in [1.29, 1.82) is 0 Å². The van der Waals surface area contributed by atoms with Gasteiger partial charge in [0.05, 0.1) is 30.2 Å². The Morgan fingerprint density at radius 1 is 1.11 bits per heavy atom. The number of rotatable bonds is 6. The molecule has 0 bridgehead atoms. The van der Waals surface area contributed by atoms with Crippen LogP contribution in [0, 0.1) is 0 Å². The number of hydrogen-bond donors (Lipinski definition) is 2. The van der Waals surface area contributed by atoms with E-state index in [0.717, 1.165) is 0 Å². The monoisotopic (exact) mass is 368 g/mol. The highest BCUT2D eigenvalue weighted by molar-refractivity contribution is 6.19. The van der Waals surface area contributed by atoms with Crippen LogP contribution in [0.5, 0.6) is 11.5 Å². The molecular weight excluding hydrogens is 348 g/mol. The van der Waals surface area contributed by atoms with Crippen molar-refractivity contribution in [2.45, 2.75) is 13.8 Å². The third-order valence-electron chi connectivity index (χ3n) is 4.00. The summed E-state index contributed by atoms with van der Waals surface area (Å²) in [5, 5.41) is 11.9. The molecule has 7 nitrogen and oxygen atoms in total. The molecule has 1 aliphatic heterocycles. The van der Waals surface area contributed by atoms with Crippen molar-refractivity contribution in [2.24, 2.45) is 4.99 Å². The number of aromatic carboxylic acids is 1. The Balaban J connectivity index is 2.12. The topological polar surface area (TPSA) is 97.2 Å². The molecule has 0 aliphatic carbocycles. The Labute approximate surface area is 156 Å². The molecule has 2 aromatic carbocycles. The molecule has 0 saturated carbocycles. The number of benzene rings is 2. The van der Waals surface area contributed by atoms with Crippen LogP contribution in [-0.4, -0.2) is 42.5 Å². The summed E-state index contributed by atoms with van der Waals surface area (Å²) in [7, 11) is 0. The van der Waals surface area contributed by atoms with Gasteiger partial charge in [-0.2, -0.15) is 0 Å². The Morgan fingerprint density at radius 3 is 2.33 bits per heavy atom. The van der Waals surface area contributed by atoms with Crippen LogP contribution in [0.15, 0.2) is 41.4 Å². The van der Waals surface area contributed by atoms with Crippen molar-refractivity contribution < 1.29 is 24.2 Å². The molecule has 0 saturated heterocycles. The van der Waals surface area contributed by atoms with Crippen molar-refractivity contribution in [3.05, 3.63) is 53.1 Å². The van der Waals surface area contributed by atoms with Crippen molar-refractivity contribution >= 4 is 23.3 Å². The van der Waals surface area contributed by atoms with E-state index in [1.165, 1.54) is 12.1 Å². The molecule has 0 fully saturated rings. The number of carboxylic acid groups (broad SMARTS) is 1. The second kappa shape index (κ2) is 7.90. The maximum atomic E-state index is 12.1. The normalized spacial score (nSPS) is 13.1. The number of carboxylic acids is 1. The van der Waals surface area contributed by atoms with Gasteiger partial charge in [-0.05, 0) is 32.0 Å². The average Bonchev–Trinajstić information content (AvgIpc) is 2.80. The molecule has 1 amide bonds. The summed E-state index contributed by atoms with van der Waals surface area (Å²) in [5.74, 6) is -0.133. The van der Waals surface area contributed by atoms with Crippen LogP contribution >= 0.6 is 0 Å². The smallest absolute Gasteiger partial charge is 0.335 e. The minimum absolute atomic E-state index is 0.0291. The fourth-order valence-electron chi connectivity index (χ4n) is 2.84. The molecule has 0 atom stereocenters. The zero-order valence-electron chi connectivity index (χ0n) is 15.1. The lowest BCUT2D eigenvalue weighted by molar-refractivity contribution is -0.114. The molecule has 0 spiro atoms. The van der Waals surface area contributed by atoms with E-state index >= 15 is 0 Å². The molecule has 0 radical (unpaired) electrons. The minimum atomic E-state index is -0.999. The number of nitrogens with one attached hydrogen (secondary N) is 1. The third-order valence-corrected chi connectivity index (χ3v) is 4.00. The van der Waals surface area contributed by atoms with Crippen LogP contribution in [0.1, 0.15) is 35.3 Å². The zero-order chi connectivity index (χ0) is 19.4. The van der Waals surface area contributed by atoms with Gasteiger partial charge in [0.1, 0.15) is 6.54 Å². The highest BCUT2D eigenvalue weighted by atomic mass is 16.5. The van der Waals surface area contributed by atoms with Crippen LogP contribution < -0.4 is 14.8 Å². The standard InChI is InChI=1S/C20H20N2O5/c1-3-26-16-9-14-15(10-17(16)27-4-2)22-18(23)11-21-19(14)12-5-7-13(8-6-12)20(24)25/h5-10H,3-4,11H2,1-2H3,(H,22,23)(H,24,25). The first-order valence-corrected chi connectivity index (χ1v) is 8.65. The second-order valence-corrected chi connectivity index (χ2v) is 5.81. The SMILES string of the molecule is CCOc1cc2c(cc1OCC)C(c1ccc(C(=O)O)cc1)=NCC(=O)N2. The lowest BCUT2D eigenvalue weighted by Gasteiger charge is -2.16. The Morgan fingerprint density at radius 2 is 1.74 bits per heavy atom.